The Morgan fingerprint density at radius 3 is 2.58 bits per heavy atom. The molecule has 1 aromatic rings. The van der Waals surface area contributed by atoms with E-state index in [1.807, 2.05) is 30.3 Å². The first-order valence-corrected chi connectivity index (χ1v) is 7.52. The van der Waals surface area contributed by atoms with Crippen molar-refractivity contribution in [3.8, 4) is 0 Å². The van der Waals surface area contributed by atoms with Gasteiger partial charge in [-0.1, -0.05) is 37.3 Å². The fourth-order valence-corrected chi connectivity index (χ4v) is 2.89. The first-order chi connectivity index (χ1) is 9.10. The molecule has 2 rings (SSSR count). The molecule has 5 heteroatoms. The highest BCUT2D eigenvalue weighted by molar-refractivity contribution is 7.99. The van der Waals surface area contributed by atoms with Crippen LogP contribution in [0.25, 0.3) is 0 Å². The number of hydrogen-bond acceptors (Lipinski definition) is 3. The maximum Gasteiger partial charge on any atom is 0.325 e. The molecule has 1 saturated heterocycles. The molecular formula is C14H18N2O2S. The standard InChI is InChI=1S/C14H18N2O2S/c1-3-19-10-9-16-13(18)15-12(17)14(16,2)11-7-5-4-6-8-11/h4-8H,3,9-10H2,1-2H3,(H,15,17,18). The third-order valence-electron chi connectivity index (χ3n) is 3.45. The van der Waals surface area contributed by atoms with E-state index in [1.165, 1.54) is 0 Å². The average Bonchev–Trinajstić information content (AvgIpc) is 2.64. The minimum Gasteiger partial charge on any atom is -0.305 e. The summed E-state index contributed by atoms with van der Waals surface area (Å²) in [5.74, 6) is 1.59. The van der Waals surface area contributed by atoms with Gasteiger partial charge in [0, 0.05) is 12.3 Å². The quantitative estimate of drug-likeness (QED) is 0.663. The summed E-state index contributed by atoms with van der Waals surface area (Å²) in [5.41, 5.74) is -0.0491. The van der Waals surface area contributed by atoms with Crippen LogP contribution in [-0.2, 0) is 10.3 Å². The SMILES string of the molecule is CCSCCN1C(=O)NC(=O)C1(C)c1ccccc1. The Labute approximate surface area is 117 Å². The van der Waals surface area contributed by atoms with Gasteiger partial charge in [0.25, 0.3) is 5.91 Å². The van der Waals surface area contributed by atoms with Gasteiger partial charge in [0.15, 0.2) is 0 Å². The molecule has 19 heavy (non-hydrogen) atoms. The number of thioether (sulfide) groups is 1. The second kappa shape index (κ2) is 5.65. The number of hydrogen-bond donors (Lipinski definition) is 1. The lowest BCUT2D eigenvalue weighted by Crippen LogP contribution is -2.45. The van der Waals surface area contributed by atoms with Crippen molar-refractivity contribution in [2.24, 2.45) is 0 Å². The summed E-state index contributed by atoms with van der Waals surface area (Å²) in [5, 5.41) is 2.42. The van der Waals surface area contributed by atoms with Crippen LogP contribution in [0.1, 0.15) is 19.4 Å². The highest BCUT2D eigenvalue weighted by atomic mass is 32.2. The first-order valence-electron chi connectivity index (χ1n) is 6.37. The second-order valence-corrected chi connectivity index (χ2v) is 5.94. The minimum atomic E-state index is -0.896. The number of rotatable bonds is 5. The molecule has 1 unspecified atom stereocenters. The molecule has 102 valence electrons. The molecular weight excluding hydrogens is 260 g/mol. The molecule has 0 saturated carbocycles. The molecule has 1 aliphatic rings. The van der Waals surface area contributed by atoms with Gasteiger partial charge in [-0.15, -0.1) is 0 Å². The van der Waals surface area contributed by atoms with Crippen LogP contribution in [0.4, 0.5) is 4.79 Å². The maximum atomic E-state index is 12.2. The Hall–Kier alpha value is -1.49. The van der Waals surface area contributed by atoms with Gasteiger partial charge in [-0.05, 0) is 18.2 Å². The Bertz CT molecular complexity index is 478. The fourth-order valence-electron chi connectivity index (χ4n) is 2.29. The molecule has 1 heterocycles. The lowest BCUT2D eigenvalue weighted by atomic mass is 9.91. The molecule has 4 nitrogen and oxygen atoms in total. The van der Waals surface area contributed by atoms with Crippen molar-refractivity contribution in [1.29, 1.82) is 0 Å². The molecule has 1 fully saturated rings. The van der Waals surface area contributed by atoms with E-state index in [2.05, 4.69) is 12.2 Å². The van der Waals surface area contributed by atoms with Gasteiger partial charge in [-0.3, -0.25) is 10.1 Å². The van der Waals surface area contributed by atoms with Crippen molar-refractivity contribution in [3.63, 3.8) is 0 Å². The van der Waals surface area contributed by atoms with Crippen molar-refractivity contribution < 1.29 is 9.59 Å². The summed E-state index contributed by atoms with van der Waals surface area (Å²) in [6.07, 6.45) is 0. The fraction of sp³-hybridized carbons (Fsp3) is 0.429. The molecule has 1 N–H and O–H groups in total. The van der Waals surface area contributed by atoms with Crippen molar-refractivity contribution in [2.75, 3.05) is 18.1 Å². The van der Waals surface area contributed by atoms with Gasteiger partial charge >= 0.3 is 6.03 Å². The van der Waals surface area contributed by atoms with Crippen LogP contribution < -0.4 is 5.32 Å². The predicted molar refractivity (Wildman–Crippen MR) is 77.0 cm³/mol. The summed E-state index contributed by atoms with van der Waals surface area (Å²) < 4.78 is 0. The van der Waals surface area contributed by atoms with Gasteiger partial charge in [-0.2, -0.15) is 11.8 Å². The molecule has 1 aromatic carbocycles. The molecule has 0 spiro atoms. The van der Waals surface area contributed by atoms with E-state index in [9.17, 15) is 9.59 Å². The summed E-state index contributed by atoms with van der Waals surface area (Å²) in [4.78, 5) is 25.8. The molecule has 1 atom stereocenters. The maximum absolute atomic E-state index is 12.2. The second-order valence-electron chi connectivity index (χ2n) is 4.55. The zero-order chi connectivity index (χ0) is 13.9. The van der Waals surface area contributed by atoms with Crippen LogP contribution in [0, 0.1) is 0 Å². The largest absolute Gasteiger partial charge is 0.325 e. The lowest BCUT2D eigenvalue weighted by molar-refractivity contribution is -0.126. The van der Waals surface area contributed by atoms with Gasteiger partial charge in [-0.25, -0.2) is 4.79 Å². The smallest absolute Gasteiger partial charge is 0.305 e. The van der Waals surface area contributed by atoms with Crippen LogP contribution in [0.15, 0.2) is 30.3 Å². The van der Waals surface area contributed by atoms with Crippen LogP contribution in [0.2, 0.25) is 0 Å². The van der Waals surface area contributed by atoms with E-state index in [0.717, 1.165) is 17.1 Å². The van der Waals surface area contributed by atoms with E-state index < -0.39 is 5.54 Å². The lowest BCUT2D eigenvalue weighted by Gasteiger charge is -2.32. The summed E-state index contributed by atoms with van der Waals surface area (Å²) in [7, 11) is 0. The van der Waals surface area contributed by atoms with Gasteiger partial charge < -0.3 is 4.90 Å². The van der Waals surface area contributed by atoms with Crippen molar-refractivity contribution in [2.45, 2.75) is 19.4 Å². The van der Waals surface area contributed by atoms with Gasteiger partial charge in [0.2, 0.25) is 0 Å². The zero-order valence-electron chi connectivity index (χ0n) is 11.2. The number of amides is 3. The number of nitrogens with one attached hydrogen (secondary N) is 1. The molecule has 0 bridgehead atoms. The third kappa shape index (κ3) is 2.47. The van der Waals surface area contributed by atoms with Gasteiger partial charge in [0.05, 0.1) is 0 Å². The number of nitrogens with zero attached hydrogens (tertiary/aromatic N) is 1. The number of imide groups is 1. The molecule has 0 radical (unpaired) electrons. The first kappa shape index (κ1) is 13.9. The predicted octanol–water partition coefficient (Wildman–Crippen LogP) is 2.21. The number of urea groups is 1. The molecule has 0 aromatic heterocycles. The van der Waals surface area contributed by atoms with E-state index >= 15 is 0 Å². The number of carbonyl (C=O) groups excluding carboxylic acids is 2. The number of benzene rings is 1. The number of carbonyl (C=O) groups is 2. The summed E-state index contributed by atoms with van der Waals surface area (Å²) in [6, 6.07) is 9.15. The minimum absolute atomic E-state index is 0.245. The highest BCUT2D eigenvalue weighted by Crippen LogP contribution is 2.32. The third-order valence-corrected chi connectivity index (χ3v) is 4.33. The van der Waals surface area contributed by atoms with E-state index in [1.54, 1.807) is 23.6 Å². The Morgan fingerprint density at radius 2 is 1.95 bits per heavy atom. The highest BCUT2D eigenvalue weighted by Gasteiger charge is 2.50. The average molecular weight is 278 g/mol. The van der Waals surface area contributed by atoms with Gasteiger partial charge in [0.1, 0.15) is 5.54 Å². The van der Waals surface area contributed by atoms with Crippen molar-refractivity contribution in [3.05, 3.63) is 35.9 Å². The van der Waals surface area contributed by atoms with E-state index in [4.69, 9.17) is 0 Å². The topological polar surface area (TPSA) is 49.4 Å². The molecule has 3 amide bonds. The normalized spacial score (nSPS) is 22.7. The van der Waals surface area contributed by atoms with Crippen LogP contribution in [0.3, 0.4) is 0 Å². The Morgan fingerprint density at radius 1 is 1.26 bits per heavy atom. The Balaban J connectivity index is 2.28. The molecule has 0 aliphatic carbocycles. The zero-order valence-corrected chi connectivity index (χ0v) is 12.0. The summed E-state index contributed by atoms with van der Waals surface area (Å²) >= 11 is 1.76. The van der Waals surface area contributed by atoms with E-state index in [0.29, 0.717) is 6.54 Å². The van der Waals surface area contributed by atoms with Crippen molar-refractivity contribution >= 4 is 23.7 Å². The van der Waals surface area contributed by atoms with Crippen LogP contribution in [-0.4, -0.2) is 34.9 Å². The monoisotopic (exact) mass is 278 g/mol. The Kier molecular flexibility index (Phi) is 4.14. The van der Waals surface area contributed by atoms with E-state index in [-0.39, 0.29) is 11.9 Å². The van der Waals surface area contributed by atoms with Crippen LogP contribution >= 0.6 is 11.8 Å². The molecule has 1 aliphatic heterocycles. The summed E-state index contributed by atoms with van der Waals surface area (Å²) in [6.45, 7) is 4.46. The van der Waals surface area contributed by atoms with Crippen LogP contribution in [0.5, 0.6) is 0 Å². The van der Waals surface area contributed by atoms with Crippen molar-refractivity contribution in [1.82, 2.24) is 10.2 Å².